The highest BCUT2D eigenvalue weighted by atomic mass is 32.2. The molecule has 48 valence electrons. The molecule has 0 bridgehead atoms. The standard InChI is InChI=1S/C7H8OS/c8-5-7-3-1-2-4-9-6-7/h1-4,6,8H,5H2. The van der Waals surface area contributed by atoms with E-state index in [0.717, 1.165) is 5.57 Å². The maximum absolute atomic E-state index is 8.66. The van der Waals surface area contributed by atoms with E-state index in [2.05, 4.69) is 0 Å². The Hall–Kier alpha value is -0.470. The van der Waals surface area contributed by atoms with E-state index in [1.165, 1.54) is 0 Å². The van der Waals surface area contributed by atoms with Crippen molar-refractivity contribution in [2.24, 2.45) is 0 Å². The summed E-state index contributed by atoms with van der Waals surface area (Å²) in [5.74, 6) is 0. The first-order valence-electron chi connectivity index (χ1n) is 2.72. The minimum Gasteiger partial charge on any atom is -0.392 e. The first-order valence-corrected chi connectivity index (χ1v) is 3.66. The second-order valence-electron chi connectivity index (χ2n) is 1.67. The highest BCUT2D eigenvalue weighted by Crippen LogP contribution is 2.12. The maximum Gasteiger partial charge on any atom is 0.0686 e. The highest BCUT2D eigenvalue weighted by Gasteiger charge is 1.88. The fourth-order valence-corrected chi connectivity index (χ4v) is 1.11. The third-order valence-corrected chi connectivity index (χ3v) is 1.73. The molecule has 1 N–H and O–H groups in total. The number of hydrogen-bond acceptors (Lipinski definition) is 2. The van der Waals surface area contributed by atoms with Crippen LogP contribution in [0.15, 0.2) is 34.6 Å². The van der Waals surface area contributed by atoms with Crippen LogP contribution in [-0.2, 0) is 0 Å². The zero-order valence-corrected chi connectivity index (χ0v) is 5.77. The Morgan fingerprint density at radius 2 is 2.33 bits per heavy atom. The summed E-state index contributed by atoms with van der Waals surface area (Å²) in [7, 11) is 0. The molecular formula is C7H8OS. The van der Waals surface area contributed by atoms with Gasteiger partial charge in [0, 0.05) is 0 Å². The van der Waals surface area contributed by atoms with Gasteiger partial charge >= 0.3 is 0 Å². The van der Waals surface area contributed by atoms with E-state index in [0.29, 0.717) is 0 Å². The normalized spacial score (nSPS) is 17.2. The average Bonchev–Trinajstić information content (AvgIpc) is 2.13. The Balaban J connectivity index is 2.63. The van der Waals surface area contributed by atoms with E-state index in [-0.39, 0.29) is 6.61 Å². The molecule has 0 saturated carbocycles. The molecule has 0 saturated heterocycles. The number of allylic oxidation sites excluding steroid dienone is 2. The number of thioether (sulfide) groups is 1. The SMILES string of the molecule is OCC1=CSC=CC=C1. The monoisotopic (exact) mass is 140 g/mol. The van der Waals surface area contributed by atoms with Crippen LogP contribution in [0, 0.1) is 0 Å². The minimum absolute atomic E-state index is 0.130. The molecule has 1 aliphatic rings. The van der Waals surface area contributed by atoms with Crippen LogP contribution >= 0.6 is 11.8 Å². The summed E-state index contributed by atoms with van der Waals surface area (Å²) in [4.78, 5) is 0. The Morgan fingerprint density at radius 1 is 1.44 bits per heavy atom. The topological polar surface area (TPSA) is 20.2 Å². The van der Waals surface area contributed by atoms with Crippen molar-refractivity contribution in [2.45, 2.75) is 0 Å². The van der Waals surface area contributed by atoms with E-state index < -0.39 is 0 Å². The van der Waals surface area contributed by atoms with Gasteiger partial charge in [0.05, 0.1) is 6.61 Å². The lowest BCUT2D eigenvalue weighted by Gasteiger charge is -1.89. The van der Waals surface area contributed by atoms with Gasteiger partial charge in [0.15, 0.2) is 0 Å². The summed E-state index contributed by atoms with van der Waals surface area (Å²) in [5, 5.41) is 12.6. The quantitative estimate of drug-likeness (QED) is 0.598. The van der Waals surface area contributed by atoms with Gasteiger partial charge in [0.2, 0.25) is 0 Å². The fourth-order valence-electron chi connectivity index (χ4n) is 0.526. The largest absolute Gasteiger partial charge is 0.392 e. The molecule has 0 aliphatic carbocycles. The van der Waals surface area contributed by atoms with Gasteiger partial charge in [-0.15, -0.1) is 11.8 Å². The molecule has 0 aromatic carbocycles. The molecule has 0 radical (unpaired) electrons. The molecule has 0 aromatic rings. The summed E-state index contributed by atoms with van der Waals surface area (Å²) in [6.07, 6.45) is 5.77. The first-order chi connectivity index (χ1) is 4.43. The van der Waals surface area contributed by atoms with E-state index in [1.54, 1.807) is 11.8 Å². The van der Waals surface area contributed by atoms with Crippen molar-refractivity contribution in [3.8, 4) is 0 Å². The lowest BCUT2D eigenvalue weighted by atomic mass is 10.3. The molecule has 9 heavy (non-hydrogen) atoms. The zero-order valence-electron chi connectivity index (χ0n) is 4.95. The maximum atomic E-state index is 8.66. The summed E-state index contributed by atoms with van der Waals surface area (Å²) in [6.45, 7) is 0.130. The fraction of sp³-hybridized carbons (Fsp3) is 0.143. The lowest BCUT2D eigenvalue weighted by Crippen LogP contribution is -1.82. The van der Waals surface area contributed by atoms with Crippen molar-refractivity contribution in [3.05, 3.63) is 34.6 Å². The van der Waals surface area contributed by atoms with Crippen molar-refractivity contribution < 1.29 is 5.11 Å². The van der Waals surface area contributed by atoms with Crippen LogP contribution in [0.2, 0.25) is 0 Å². The van der Waals surface area contributed by atoms with Gasteiger partial charge in [-0.05, 0) is 16.4 Å². The molecule has 1 nitrogen and oxygen atoms in total. The van der Waals surface area contributed by atoms with Crippen molar-refractivity contribution in [2.75, 3.05) is 6.61 Å². The third kappa shape index (κ3) is 2.08. The van der Waals surface area contributed by atoms with Crippen LogP contribution in [0.4, 0.5) is 0 Å². The van der Waals surface area contributed by atoms with Gasteiger partial charge < -0.3 is 5.11 Å². The Kier molecular flexibility index (Phi) is 2.61. The van der Waals surface area contributed by atoms with Gasteiger partial charge in [-0.2, -0.15) is 0 Å². The molecular weight excluding hydrogens is 132 g/mol. The molecule has 1 rings (SSSR count). The molecule has 0 atom stereocenters. The first kappa shape index (κ1) is 6.65. The predicted molar refractivity (Wildman–Crippen MR) is 41.0 cm³/mol. The van der Waals surface area contributed by atoms with Crippen molar-refractivity contribution in [1.82, 2.24) is 0 Å². The van der Waals surface area contributed by atoms with E-state index in [9.17, 15) is 0 Å². The molecule has 0 spiro atoms. The van der Waals surface area contributed by atoms with Crippen LogP contribution < -0.4 is 0 Å². The van der Waals surface area contributed by atoms with Gasteiger partial charge in [0.25, 0.3) is 0 Å². The molecule has 1 aliphatic heterocycles. The van der Waals surface area contributed by atoms with Crippen LogP contribution in [0.25, 0.3) is 0 Å². The Bertz CT molecular complexity index is 168. The van der Waals surface area contributed by atoms with Crippen molar-refractivity contribution in [1.29, 1.82) is 0 Å². The number of aliphatic hydroxyl groups is 1. The Morgan fingerprint density at radius 3 is 3.11 bits per heavy atom. The summed E-state index contributed by atoms with van der Waals surface area (Å²) in [6, 6.07) is 0. The van der Waals surface area contributed by atoms with E-state index >= 15 is 0 Å². The second kappa shape index (κ2) is 3.54. The second-order valence-corrected chi connectivity index (χ2v) is 2.45. The van der Waals surface area contributed by atoms with Crippen LogP contribution in [0.5, 0.6) is 0 Å². The molecule has 0 fully saturated rings. The highest BCUT2D eigenvalue weighted by molar-refractivity contribution is 8.04. The van der Waals surface area contributed by atoms with E-state index in [1.807, 2.05) is 29.0 Å². The van der Waals surface area contributed by atoms with Gasteiger partial charge in [-0.25, -0.2) is 0 Å². The summed E-state index contributed by atoms with van der Waals surface area (Å²) < 4.78 is 0. The summed E-state index contributed by atoms with van der Waals surface area (Å²) >= 11 is 1.58. The molecule has 0 unspecified atom stereocenters. The third-order valence-electron chi connectivity index (χ3n) is 0.981. The number of aliphatic hydroxyl groups excluding tert-OH is 1. The molecule has 0 aromatic heterocycles. The van der Waals surface area contributed by atoms with Crippen LogP contribution in [0.3, 0.4) is 0 Å². The van der Waals surface area contributed by atoms with Gasteiger partial charge in [0.1, 0.15) is 0 Å². The van der Waals surface area contributed by atoms with Gasteiger partial charge in [-0.3, -0.25) is 0 Å². The zero-order chi connectivity index (χ0) is 6.53. The average molecular weight is 140 g/mol. The van der Waals surface area contributed by atoms with Crippen molar-refractivity contribution in [3.63, 3.8) is 0 Å². The predicted octanol–water partition coefficient (Wildman–Crippen LogP) is 1.68. The number of rotatable bonds is 1. The van der Waals surface area contributed by atoms with Crippen molar-refractivity contribution >= 4 is 11.8 Å². The van der Waals surface area contributed by atoms with Gasteiger partial charge in [-0.1, -0.05) is 18.2 Å². The van der Waals surface area contributed by atoms with Crippen LogP contribution in [-0.4, -0.2) is 11.7 Å². The molecule has 0 amide bonds. The number of hydrogen-bond donors (Lipinski definition) is 1. The Labute approximate surface area is 58.8 Å². The summed E-state index contributed by atoms with van der Waals surface area (Å²) in [5.41, 5.74) is 0.963. The molecule has 1 heterocycles. The molecule has 2 heteroatoms. The van der Waals surface area contributed by atoms with Crippen LogP contribution in [0.1, 0.15) is 0 Å². The lowest BCUT2D eigenvalue weighted by molar-refractivity contribution is 0.335. The minimum atomic E-state index is 0.130. The smallest absolute Gasteiger partial charge is 0.0686 e. The van der Waals surface area contributed by atoms with E-state index in [4.69, 9.17) is 5.11 Å².